The zero-order valence-corrected chi connectivity index (χ0v) is 16.6. The molecule has 0 fully saturated rings. The first kappa shape index (κ1) is 19.6. The van der Waals surface area contributed by atoms with Gasteiger partial charge in [-0.2, -0.15) is 0 Å². The van der Waals surface area contributed by atoms with Gasteiger partial charge < -0.3 is 10.3 Å². The normalized spacial score (nSPS) is 11.4. The van der Waals surface area contributed by atoms with Gasteiger partial charge in [-0.15, -0.1) is 0 Å². The van der Waals surface area contributed by atoms with E-state index in [1.807, 2.05) is 18.2 Å². The molecular formula is C20H21N3O4S. The molecule has 0 spiro atoms. The minimum Gasteiger partial charge on any atom is -0.358 e. The van der Waals surface area contributed by atoms with Crippen LogP contribution in [0.4, 0.5) is 11.4 Å². The van der Waals surface area contributed by atoms with Crippen LogP contribution in [0.1, 0.15) is 28.5 Å². The number of hydrogen-bond acceptors (Lipinski definition) is 4. The third kappa shape index (κ3) is 3.91. The van der Waals surface area contributed by atoms with Crippen LogP contribution in [-0.4, -0.2) is 30.8 Å². The van der Waals surface area contributed by atoms with E-state index in [9.17, 15) is 18.0 Å². The molecule has 2 aromatic carbocycles. The molecule has 3 rings (SSSR count). The highest BCUT2D eigenvalue weighted by molar-refractivity contribution is 7.92. The van der Waals surface area contributed by atoms with Crippen LogP contribution in [0.25, 0.3) is 10.9 Å². The SMILES string of the molecule is CCS(=O)(=O)Nc1ccc(NC(=O)C(=O)c2c(C)[nH]c3ccccc23)cc1C. The van der Waals surface area contributed by atoms with Gasteiger partial charge in [0.1, 0.15) is 0 Å². The fourth-order valence-electron chi connectivity index (χ4n) is 2.97. The summed E-state index contributed by atoms with van der Waals surface area (Å²) in [6.45, 7) is 5.01. The largest absolute Gasteiger partial charge is 0.358 e. The highest BCUT2D eigenvalue weighted by Crippen LogP contribution is 2.24. The van der Waals surface area contributed by atoms with E-state index in [-0.39, 0.29) is 5.75 Å². The summed E-state index contributed by atoms with van der Waals surface area (Å²) in [5, 5.41) is 3.28. The predicted molar refractivity (Wildman–Crippen MR) is 110 cm³/mol. The van der Waals surface area contributed by atoms with Crippen molar-refractivity contribution in [2.24, 2.45) is 0 Å². The number of sulfonamides is 1. The molecule has 28 heavy (non-hydrogen) atoms. The number of hydrogen-bond donors (Lipinski definition) is 3. The van der Waals surface area contributed by atoms with Crippen molar-refractivity contribution in [3.8, 4) is 0 Å². The minimum absolute atomic E-state index is 0.0383. The average Bonchev–Trinajstić information content (AvgIpc) is 2.99. The number of aromatic nitrogens is 1. The molecule has 0 aliphatic carbocycles. The molecule has 146 valence electrons. The number of carbonyl (C=O) groups excluding carboxylic acids is 2. The maximum atomic E-state index is 12.7. The molecule has 8 heteroatoms. The van der Waals surface area contributed by atoms with Gasteiger partial charge in [0.15, 0.2) is 0 Å². The molecule has 0 aliphatic rings. The number of benzene rings is 2. The summed E-state index contributed by atoms with van der Waals surface area (Å²) in [5.74, 6) is -1.43. The van der Waals surface area contributed by atoms with Crippen molar-refractivity contribution in [2.45, 2.75) is 20.8 Å². The molecule has 3 aromatic rings. The van der Waals surface area contributed by atoms with Gasteiger partial charge in [-0.1, -0.05) is 18.2 Å². The van der Waals surface area contributed by atoms with Gasteiger partial charge in [-0.25, -0.2) is 8.42 Å². The lowest BCUT2D eigenvalue weighted by Crippen LogP contribution is -2.23. The summed E-state index contributed by atoms with van der Waals surface area (Å²) in [6.07, 6.45) is 0. The Morgan fingerprint density at radius 2 is 1.79 bits per heavy atom. The van der Waals surface area contributed by atoms with E-state index < -0.39 is 21.7 Å². The lowest BCUT2D eigenvalue weighted by atomic mass is 10.1. The van der Waals surface area contributed by atoms with Crippen LogP contribution in [0.3, 0.4) is 0 Å². The zero-order chi connectivity index (χ0) is 20.5. The number of aryl methyl sites for hydroxylation is 2. The number of nitrogens with one attached hydrogen (secondary N) is 3. The van der Waals surface area contributed by atoms with Gasteiger partial charge in [0.25, 0.3) is 11.7 Å². The minimum atomic E-state index is -3.39. The summed E-state index contributed by atoms with van der Waals surface area (Å²) in [4.78, 5) is 28.3. The quantitative estimate of drug-likeness (QED) is 0.436. The molecule has 0 saturated carbocycles. The number of anilines is 2. The predicted octanol–water partition coefficient (Wildman–Crippen LogP) is 3.37. The van der Waals surface area contributed by atoms with Gasteiger partial charge in [0, 0.05) is 22.3 Å². The third-order valence-electron chi connectivity index (χ3n) is 4.46. The molecule has 0 bridgehead atoms. The Morgan fingerprint density at radius 3 is 2.46 bits per heavy atom. The summed E-state index contributed by atoms with van der Waals surface area (Å²) in [6, 6.07) is 12.0. The molecule has 3 N–H and O–H groups in total. The van der Waals surface area contributed by atoms with Crippen LogP contribution < -0.4 is 10.0 Å². The lowest BCUT2D eigenvalue weighted by molar-refractivity contribution is -0.112. The molecular weight excluding hydrogens is 378 g/mol. The average molecular weight is 399 g/mol. The first-order valence-corrected chi connectivity index (χ1v) is 10.4. The van der Waals surface area contributed by atoms with Crippen molar-refractivity contribution < 1.29 is 18.0 Å². The van der Waals surface area contributed by atoms with E-state index in [1.54, 1.807) is 45.0 Å². The fraction of sp³-hybridized carbons (Fsp3) is 0.200. The second-order valence-corrected chi connectivity index (χ2v) is 8.50. The maximum Gasteiger partial charge on any atom is 0.296 e. The topological polar surface area (TPSA) is 108 Å². The summed E-state index contributed by atoms with van der Waals surface area (Å²) < 4.78 is 25.9. The molecule has 0 aliphatic heterocycles. The number of Topliss-reactive ketones (excluding diaryl/α,β-unsaturated/α-hetero) is 1. The number of carbonyl (C=O) groups is 2. The van der Waals surface area contributed by atoms with E-state index in [1.165, 1.54) is 0 Å². The Hall–Kier alpha value is -3.13. The molecule has 0 saturated heterocycles. The second-order valence-electron chi connectivity index (χ2n) is 6.49. The van der Waals surface area contributed by atoms with E-state index in [0.717, 1.165) is 5.52 Å². The maximum absolute atomic E-state index is 12.7. The van der Waals surface area contributed by atoms with Gasteiger partial charge in [0.05, 0.1) is 17.0 Å². The van der Waals surface area contributed by atoms with Crippen LogP contribution in [-0.2, 0) is 14.8 Å². The van der Waals surface area contributed by atoms with E-state index in [2.05, 4.69) is 15.0 Å². The van der Waals surface area contributed by atoms with Crippen LogP contribution in [0, 0.1) is 13.8 Å². The Bertz CT molecular complexity index is 1180. The van der Waals surface area contributed by atoms with Crippen LogP contribution >= 0.6 is 0 Å². The van der Waals surface area contributed by atoms with Crippen molar-refractivity contribution in [3.05, 3.63) is 59.3 Å². The molecule has 0 unspecified atom stereocenters. The Balaban J connectivity index is 1.82. The monoisotopic (exact) mass is 399 g/mol. The van der Waals surface area contributed by atoms with E-state index in [0.29, 0.717) is 33.6 Å². The first-order valence-electron chi connectivity index (χ1n) is 8.76. The Kier molecular flexibility index (Phi) is 5.24. The smallest absolute Gasteiger partial charge is 0.296 e. The van der Waals surface area contributed by atoms with Crippen molar-refractivity contribution in [1.29, 1.82) is 0 Å². The van der Waals surface area contributed by atoms with E-state index >= 15 is 0 Å². The van der Waals surface area contributed by atoms with Crippen LogP contribution in [0.2, 0.25) is 0 Å². The zero-order valence-electron chi connectivity index (χ0n) is 15.8. The molecule has 1 heterocycles. The number of para-hydroxylation sites is 1. The molecule has 1 aromatic heterocycles. The Labute approximate surface area is 163 Å². The number of ketones is 1. The molecule has 1 amide bonds. The summed E-state index contributed by atoms with van der Waals surface area (Å²) in [5.41, 5.74) is 3.23. The first-order chi connectivity index (χ1) is 13.2. The standard InChI is InChI=1S/C20H21N3O4S/c1-4-28(26,27)23-16-10-9-14(11-12(16)2)22-20(25)19(24)18-13(3)21-17-8-6-5-7-15(17)18/h5-11,21,23H,4H2,1-3H3,(H,22,25). The second kappa shape index (κ2) is 7.47. The van der Waals surface area contributed by atoms with Gasteiger partial charge >= 0.3 is 0 Å². The van der Waals surface area contributed by atoms with Crippen molar-refractivity contribution in [2.75, 3.05) is 15.8 Å². The van der Waals surface area contributed by atoms with Gasteiger partial charge in [0.2, 0.25) is 10.0 Å². The van der Waals surface area contributed by atoms with Gasteiger partial charge in [-0.05, 0) is 50.6 Å². The van der Waals surface area contributed by atoms with Crippen LogP contribution in [0.5, 0.6) is 0 Å². The number of amides is 1. The highest BCUT2D eigenvalue weighted by atomic mass is 32.2. The molecule has 7 nitrogen and oxygen atoms in total. The highest BCUT2D eigenvalue weighted by Gasteiger charge is 2.23. The molecule has 0 radical (unpaired) electrons. The third-order valence-corrected chi connectivity index (χ3v) is 5.75. The number of rotatable bonds is 6. The van der Waals surface area contributed by atoms with Gasteiger partial charge in [-0.3, -0.25) is 14.3 Å². The summed E-state index contributed by atoms with van der Waals surface area (Å²) >= 11 is 0. The lowest BCUT2D eigenvalue weighted by Gasteiger charge is -2.11. The summed E-state index contributed by atoms with van der Waals surface area (Å²) in [7, 11) is -3.39. The van der Waals surface area contributed by atoms with Crippen molar-refractivity contribution in [1.82, 2.24) is 4.98 Å². The van der Waals surface area contributed by atoms with Crippen molar-refractivity contribution in [3.63, 3.8) is 0 Å². The fourth-order valence-corrected chi connectivity index (χ4v) is 3.67. The number of aromatic amines is 1. The molecule has 0 atom stereocenters. The van der Waals surface area contributed by atoms with Crippen LogP contribution in [0.15, 0.2) is 42.5 Å². The Morgan fingerprint density at radius 1 is 1.07 bits per heavy atom. The van der Waals surface area contributed by atoms with E-state index in [4.69, 9.17) is 0 Å². The number of fused-ring (bicyclic) bond motifs is 1. The number of H-pyrrole nitrogens is 1. The van der Waals surface area contributed by atoms with Crippen molar-refractivity contribution >= 4 is 44.0 Å².